The number of carbonyl (C=O) groups excluding carboxylic acids is 1. The number of carbonyl (C=O) groups is 1. The maximum atomic E-state index is 13.4. The third-order valence-electron chi connectivity index (χ3n) is 5.86. The van der Waals surface area contributed by atoms with Crippen molar-refractivity contribution >= 4 is 21.6 Å². The molecule has 0 spiro atoms. The number of rotatable bonds is 6. The number of benzene rings is 2. The molecule has 0 unspecified atom stereocenters. The Morgan fingerprint density at radius 3 is 2.44 bits per heavy atom. The molecule has 2 aromatic carbocycles. The topological polar surface area (TPSA) is 106 Å². The van der Waals surface area contributed by atoms with Crippen LogP contribution in [-0.4, -0.2) is 57.5 Å². The number of oxazole rings is 1. The molecule has 1 aliphatic heterocycles. The second kappa shape index (κ2) is 9.50. The van der Waals surface area contributed by atoms with Crippen LogP contribution in [0.15, 0.2) is 85.7 Å². The summed E-state index contributed by atoms with van der Waals surface area (Å²) in [5.41, 5.74) is 0.502. The van der Waals surface area contributed by atoms with Crippen LogP contribution in [0.5, 0.6) is 5.75 Å². The van der Waals surface area contributed by atoms with Crippen molar-refractivity contribution in [2.45, 2.75) is 9.92 Å². The fourth-order valence-corrected chi connectivity index (χ4v) is 5.28. The molecule has 5 rings (SSSR count). The van der Waals surface area contributed by atoms with Crippen molar-refractivity contribution in [3.8, 4) is 17.4 Å². The molecule has 11 heteroatoms. The first kappa shape index (κ1) is 23.6. The predicted molar refractivity (Wildman–Crippen MR) is 127 cm³/mol. The van der Waals surface area contributed by atoms with Gasteiger partial charge in [-0.3, -0.25) is 4.79 Å². The van der Waals surface area contributed by atoms with Gasteiger partial charge in [-0.1, -0.05) is 6.07 Å². The molecule has 0 saturated carbocycles. The number of sulfone groups is 1. The number of hydrogen-bond acceptors (Lipinski definition) is 8. The molecule has 4 aromatic rings. The lowest BCUT2D eigenvalue weighted by Gasteiger charge is -2.34. The quantitative estimate of drug-likeness (QED) is 0.359. The minimum Gasteiger partial charge on any atom is -0.497 e. The molecule has 0 N–H and O–H groups in total. The zero-order valence-corrected chi connectivity index (χ0v) is 20.1. The van der Waals surface area contributed by atoms with E-state index < -0.39 is 15.7 Å². The van der Waals surface area contributed by atoms with Gasteiger partial charge in [0.15, 0.2) is 5.76 Å². The molecule has 0 radical (unpaired) electrons. The summed E-state index contributed by atoms with van der Waals surface area (Å²) < 4.78 is 56.7. The molecule has 186 valence electrons. The molecular weight excluding hydrogens is 489 g/mol. The number of nitrogens with zero attached hydrogens (tertiary/aromatic N) is 3. The van der Waals surface area contributed by atoms with Gasteiger partial charge in [-0.15, -0.1) is 0 Å². The number of hydrogen-bond donors (Lipinski definition) is 0. The van der Waals surface area contributed by atoms with Crippen LogP contribution in [0.2, 0.25) is 0 Å². The molecule has 36 heavy (non-hydrogen) atoms. The summed E-state index contributed by atoms with van der Waals surface area (Å²) in [6, 6.07) is 14.7. The third-order valence-corrected chi connectivity index (χ3v) is 7.53. The Labute approximate surface area is 206 Å². The Balaban J connectivity index is 1.43. The molecule has 1 fully saturated rings. The molecular formula is C25H22FN3O6S. The average Bonchev–Trinajstić information content (AvgIpc) is 3.59. The van der Waals surface area contributed by atoms with Gasteiger partial charge in [-0.2, -0.15) is 4.98 Å². The number of ether oxygens (including phenoxy) is 1. The van der Waals surface area contributed by atoms with Gasteiger partial charge in [0.1, 0.15) is 11.6 Å². The second-order valence-electron chi connectivity index (χ2n) is 8.08. The molecule has 1 amide bonds. The van der Waals surface area contributed by atoms with Crippen LogP contribution in [0, 0.1) is 5.82 Å². The van der Waals surface area contributed by atoms with Crippen LogP contribution in [0.4, 0.5) is 10.3 Å². The number of methoxy groups -OCH3 is 1. The summed E-state index contributed by atoms with van der Waals surface area (Å²) in [4.78, 5) is 20.5. The minimum absolute atomic E-state index is 0.00516. The van der Waals surface area contributed by atoms with Gasteiger partial charge in [0.05, 0.1) is 18.3 Å². The van der Waals surface area contributed by atoms with E-state index >= 15 is 0 Å². The maximum absolute atomic E-state index is 13.4. The standard InChI is InChI=1S/C25H22FN3O6S/c1-33-19-5-2-4-17(16-19)24(30)28-11-13-29(14-12-28)25-23(27-22(35-25)21-6-3-15-34-21)36(31,32)20-9-7-18(26)8-10-20/h2-10,15-16H,11-14H2,1H3. The van der Waals surface area contributed by atoms with Crippen LogP contribution in [0.3, 0.4) is 0 Å². The van der Waals surface area contributed by atoms with Gasteiger partial charge < -0.3 is 23.4 Å². The van der Waals surface area contributed by atoms with Crippen LogP contribution in [0.1, 0.15) is 10.4 Å². The minimum atomic E-state index is -4.14. The molecule has 1 aliphatic rings. The molecule has 0 bridgehead atoms. The zero-order chi connectivity index (χ0) is 25.3. The SMILES string of the molecule is COc1cccc(C(=O)N2CCN(c3oc(-c4ccco4)nc3S(=O)(=O)c3ccc(F)cc3)CC2)c1. The highest BCUT2D eigenvalue weighted by atomic mass is 32.2. The van der Waals surface area contributed by atoms with E-state index in [-0.39, 0.29) is 33.4 Å². The summed E-state index contributed by atoms with van der Waals surface area (Å²) in [5, 5.41) is -0.298. The number of piperazine rings is 1. The van der Waals surface area contributed by atoms with E-state index in [2.05, 4.69) is 4.98 Å². The zero-order valence-electron chi connectivity index (χ0n) is 19.3. The van der Waals surface area contributed by atoms with Crippen molar-refractivity contribution in [1.82, 2.24) is 9.88 Å². The first-order valence-corrected chi connectivity index (χ1v) is 12.6. The van der Waals surface area contributed by atoms with E-state index in [1.165, 1.54) is 25.5 Å². The number of aromatic nitrogens is 1. The van der Waals surface area contributed by atoms with E-state index in [1.807, 2.05) is 0 Å². The summed E-state index contributed by atoms with van der Waals surface area (Å²) in [7, 11) is -2.60. The lowest BCUT2D eigenvalue weighted by atomic mass is 10.1. The molecule has 9 nitrogen and oxygen atoms in total. The Morgan fingerprint density at radius 1 is 1.03 bits per heavy atom. The summed E-state index contributed by atoms with van der Waals surface area (Å²) in [6.07, 6.45) is 1.43. The predicted octanol–water partition coefficient (Wildman–Crippen LogP) is 3.88. The number of amides is 1. The smallest absolute Gasteiger partial charge is 0.266 e. The van der Waals surface area contributed by atoms with E-state index in [4.69, 9.17) is 13.6 Å². The van der Waals surface area contributed by atoms with Gasteiger partial charge in [-0.25, -0.2) is 12.8 Å². The van der Waals surface area contributed by atoms with Crippen LogP contribution in [-0.2, 0) is 9.84 Å². The largest absolute Gasteiger partial charge is 0.497 e. The highest BCUT2D eigenvalue weighted by molar-refractivity contribution is 7.91. The highest BCUT2D eigenvalue weighted by Gasteiger charge is 2.34. The van der Waals surface area contributed by atoms with Crippen molar-refractivity contribution in [3.05, 3.63) is 78.3 Å². The van der Waals surface area contributed by atoms with Crippen LogP contribution >= 0.6 is 0 Å². The molecule has 0 aliphatic carbocycles. The molecule has 2 aromatic heterocycles. The van der Waals surface area contributed by atoms with Crippen molar-refractivity contribution in [2.24, 2.45) is 0 Å². The van der Waals surface area contributed by atoms with Crippen LogP contribution < -0.4 is 9.64 Å². The highest BCUT2D eigenvalue weighted by Crippen LogP contribution is 2.35. The maximum Gasteiger partial charge on any atom is 0.266 e. The second-order valence-corrected chi connectivity index (χ2v) is 9.94. The van der Waals surface area contributed by atoms with Gasteiger partial charge in [-0.05, 0) is 54.6 Å². The number of anilines is 1. The lowest BCUT2D eigenvalue weighted by molar-refractivity contribution is 0.0744. The summed E-state index contributed by atoms with van der Waals surface area (Å²) in [5.74, 6) is 0.194. The monoisotopic (exact) mass is 511 g/mol. The van der Waals surface area contributed by atoms with Gasteiger partial charge in [0, 0.05) is 31.7 Å². The molecule has 0 atom stereocenters. The third kappa shape index (κ3) is 4.44. The Hall–Kier alpha value is -4.12. The average molecular weight is 512 g/mol. The van der Waals surface area contributed by atoms with Crippen LogP contribution in [0.25, 0.3) is 11.7 Å². The molecule has 3 heterocycles. The fraction of sp³-hybridized carbons (Fsp3) is 0.200. The normalized spacial score (nSPS) is 14.2. The van der Waals surface area contributed by atoms with E-state index in [0.29, 0.717) is 37.5 Å². The van der Waals surface area contributed by atoms with Gasteiger partial charge >= 0.3 is 0 Å². The first-order valence-electron chi connectivity index (χ1n) is 11.1. The summed E-state index contributed by atoms with van der Waals surface area (Å²) in [6.45, 7) is 1.30. The Morgan fingerprint density at radius 2 is 1.78 bits per heavy atom. The van der Waals surface area contributed by atoms with Gasteiger partial charge in [0.25, 0.3) is 11.8 Å². The van der Waals surface area contributed by atoms with Crippen molar-refractivity contribution < 1.29 is 31.2 Å². The fourth-order valence-electron chi connectivity index (χ4n) is 3.96. The van der Waals surface area contributed by atoms with Gasteiger partial charge in [0.2, 0.25) is 20.7 Å². The Bertz CT molecular complexity index is 1470. The summed E-state index contributed by atoms with van der Waals surface area (Å²) >= 11 is 0. The number of furan rings is 1. The first-order chi connectivity index (χ1) is 17.4. The van der Waals surface area contributed by atoms with E-state index in [0.717, 1.165) is 12.1 Å². The molecule has 1 saturated heterocycles. The Kier molecular flexibility index (Phi) is 6.23. The van der Waals surface area contributed by atoms with E-state index in [9.17, 15) is 17.6 Å². The van der Waals surface area contributed by atoms with Crippen molar-refractivity contribution in [3.63, 3.8) is 0 Å². The number of halogens is 1. The lowest BCUT2D eigenvalue weighted by Crippen LogP contribution is -2.49. The van der Waals surface area contributed by atoms with Crippen molar-refractivity contribution in [1.29, 1.82) is 0 Å². The van der Waals surface area contributed by atoms with Crippen molar-refractivity contribution in [2.75, 3.05) is 38.2 Å². The van der Waals surface area contributed by atoms with E-state index in [1.54, 1.807) is 46.2 Å².